The van der Waals surface area contributed by atoms with Crippen molar-refractivity contribution < 1.29 is 23.1 Å². The zero-order chi connectivity index (χ0) is 25.7. The lowest BCUT2D eigenvalue weighted by Crippen LogP contribution is -2.55. The van der Waals surface area contributed by atoms with E-state index in [9.17, 15) is 23.1 Å². The van der Waals surface area contributed by atoms with E-state index in [2.05, 4.69) is 10.2 Å². The van der Waals surface area contributed by atoms with Crippen LogP contribution in [0, 0.1) is 5.92 Å². The van der Waals surface area contributed by atoms with Gasteiger partial charge in [-0.05, 0) is 44.1 Å². The third-order valence-electron chi connectivity index (χ3n) is 7.59. The molecule has 0 spiro atoms. The number of hydrogen-bond acceptors (Lipinski definition) is 4. The number of benzene rings is 2. The molecule has 2 aliphatic rings. The van der Waals surface area contributed by atoms with Crippen LogP contribution in [-0.2, 0) is 10.4 Å². The third kappa shape index (κ3) is 3.90. The summed E-state index contributed by atoms with van der Waals surface area (Å²) in [7, 11) is 1.97. The highest BCUT2D eigenvalue weighted by Gasteiger charge is 2.65. The molecule has 1 fully saturated rings. The van der Waals surface area contributed by atoms with Crippen LogP contribution in [-0.4, -0.2) is 52.0 Å². The predicted octanol–water partition coefficient (Wildman–Crippen LogP) is 4.67. The molecule has 0 aliphatic carbocycles. The van der Waals surface area contributed by atoms with Crippen LogP contribution >= 0.6 is 0 Å². The van der Waals surface area contributed by atoms with E-state index >= 15 is 0 Å². The van der Waals surface area contributed by atoms with Gasteiger partial charge in [-0.2, -0.15) is 18.3 Å². The molecule has 1 amide bonds. The summed E-state index contributed by atoms with van der Waals surface area (Å²) in [6.07, 6.45) is -3.85. The van der Waals surface area contributed by atoms with Crippen molar-refractivity contribution in [2.45, 2.75) is 43.5 Å². The molecule has 6 nitrogen and oxygen atoms in total. The van der Waals surface area contributed by atoms with E-state index in [1.54, 1.807) is 0 Å². The van der Waals surface area contributed by atoms with Crippen molar-refractivity contribution in [3.8, 4) is 0 Å². The quantitative estimate of drug-likeness (QED) is 0.549. The minimum absolute atomic E-state index is 0.0930. The number of hydrogen-bond donors (Lipinski definition) is 2. The number of anilines is 1. The van der Waals surface area contributed by atoms with Crippen LogP contribution in [0.15, 0.2) is 60.7 Å². The lowest BCUT2D eigenvalue weighted by molar-refractivity contribution is -0.282. The van der Waals surface area contributed by atoms with E-state index in [1.807, 2.05) is 67.7 Å². The van der Waals surface area contributed by atoms with Gasteiger partial charge >= 0.3 is 6.18 Å². The van der Waals surface area contributed by atoms with Gasteiger partial charge in [-0.15, -0.1) is 0 Å². The summed E-state index contributed by atoms with van der Waals surface area (Å²) in [5.74, 6) is -2.98. The first kappa shape index (κ1) is 24.5. The first-order valence-electron chi connectivity index (χ1n) is 12.1. The molecule has 36 heavy (non-hydrogen) atoms. The standard InChI is InChI=1S/C27H29F3N4O2/c1-17-25(35)31-24-21(26(17,36)27(28,29)30)22(18-13-15-33(2)16-14-18)32-34(24)23(19-9-5-3-6-10-19)20-11-7-4-8-12-20/h3-12,17-18,23,36H,13-16H2,1-2H3,(H,31,35). The molecule has 1 aromatic heterocycles. The Bertz CT molecular complexity index is 1200. The van der Waals surface area contributed by atoms with Crippen LogP contribution in [0.3, 0.4) is 0 Å². The number of aliphatic hydroxyl groups is 1. The van der Waals surface area contributed by atoms with E-state index in [1.165, 1.54) is 4.68 Å². The molecule has 9 heteroatoms. The van der Waals surface area contributed by atoms with Gasteiger partial charge in [0.2, 0.25) is 11.5 Å². The molecule has 0 saturated carbocycles. The summed E-state index contributed by atoms with van der Waals surface area (Å²) in [4.78, 5) is 15.0. The number of rotatable bonds is 4. The number of piperidine rings is 1. The normalized spacial score (nSPS) is 23.5. The van der Waals surface area contributed by atoms with Crippen molar-refractivity contribution in [2.75, 3.05) is 25.5 Å². The highest BCUT2D eigenvalue weighted by Crippen LogP contribution is 2.53. The second-order valence-electron chi connectivity index (χ2n) is 9.83. The highest BCUT2D eigenvalue weighted by molar-refractivity contribution is 5.96. The fourth-order valence-corrected chi connectivity index (χ4v) is 5.47. The van der Waals surface area contributed by atoms with Gasteiger partial charge in [0.05, 0.1) is 17.2 Å². The highest BCUT2D eigenvalue weighted by atomic mass is 19.4. The fraction of sp³-hybridized carbons (Fsp3) is 0.407. The number of nitrogens with one attached hydrogen (secondary N) is 1. The summed E-state index contributed by atoms with van der Waals surface area (Å²) in [5, 5.41) is 18.8. The minimum atomic E-state index is -5.07. The summed E-state index contributed by atoms with van der Waals surface area (Å²) in [6, 6.07) is 18.0. The molecule has 190 valence electrons. The first-order valence-corrected chi connectivity index (χ1v) is 12.1. The molecule has 2 aliphatic heterocycles. The number of nitrogens with zero attached hydrogens (tertiary/aromatic N) is 3. The van der Waals surface area contributed by atoms with Crippen molar-refractivity contribution in [1.29, 1.82) is 0 Å². The predicted molar refractivity (Wildman–Crippen MR) is 130 cm³/mol. The van der Waals surface area contributed by atoms with Crippen LogP contribution < -0.4 is 5.32 Å². The zero-order valence-electron chi connectivity index (χ0n) is 20.2. The monoisotopic (exact) mass is 498 g/mol. The van der Waals surface area contributed by atoms with Gasteiger partial charge in [0, 0.05) is 5.92 Å². The maximum atomic E-state index is 14.6. The van der Waals surface area contributed by atoms with E-state index in [0.29, 0.717) is 25.9 Å². The molecular formula is C27H29F3N4O2. The van der Waals surface area contributed by atoms with E-state index in [-0.39, 0.29) is 23.0 Å². The van der Waals surface area contributed by atoms with Gasteiger partial charge in [0.15, 0.2) is 0 Å². The van der Waals surface area contributed by atoms with Gasteiger partial charge in [-0.1, -0.05) is 67.6 Å². The molecule has 5 rings (SSSR count). The molecule has 2 unspecified atom stereocenters. The van der Waals surface area contributed by atoms with Crippen LogP contribution in [0.1, 0.15) is 54.1 Å². The van der Waals surface area contributed by atoms with Crippen LogP contribution in [0.25, 0.3) is 0 Å². The lowest BCUT2D eigenvalue weighted by Gasteiger charge is -2.40. The molecule has 0 bridgehead atoms. The van der Waals surface area contributed by atoms with Crippen molar-refractivity contribution >= 4 is 11.7 Å². The second kappa shape index (κ2) is 9.05. The van der Waals surface area contributed by atoms with Gasteiger partial charge in [-0.3, -0.25) is 4.79 Å². The van der Waals surface area contributed by atoms with Crippen molar-refractivity contribution in [3.63, 3.8) is 0 Å². The molecule has 3 aromatic rings. The van der Waals surface area contributed by atoms with Gasteiger partial charge in [0.25, 0.3) is 0 Å². The number of alkyl halides is 3. The maximum Gasteiger partial charge on any atom is 0.422 e. The van der Waals surface area contributed by atoms with Crippen molar-refractivity contribution in [1.82, 2.24) is 14.7 Å². The number of halogens is 3. The summed E-state index contributed by atoms with van der Waals surface area (Å²) < 4.78 is 45.3. The van der Waals surface area contributed by atoms with E-state index in [0.717, 1.165) is 18.1 Å². The Morgan fingerprint density at radius 1 is 1.03 bits per heavy atom. The number of likely N-dealkylation sites (tertiary alicyclic amines) is 1. The number of amides is 1. The second-order valence-corrected chi connectivity index (χ2v) is 9.83. The van der Waals surface area contributed by atoms with Crippen LogP contribution in [0.5, 0.6) is 0 Å². The zero-order valence-corrected chi connectivity index (χ0v) is 20.2. The molecule has 2 N–H and O–H groups in total. The van der Waals surface area contributed by atoms with Gasteiger partial charge < -0.3 is 15.3 Å². The lowest BCUT2D eigenvalue weighted by atomic mass is 9.75. The van der Waals surface area contributed by atoms with Crippen LogP contribution in [0.4, 0.5) is 19.0 Å². The smallest absolute Gasteiger partial charge is 0.376 e. The topological polar surface area (TPSA) is 70.4 Å². The Hall–Kier alpha value is -3.17. The Balaban J connectivity index is 1.79. The average Bonchev–Trinajstić information content (AvgIpc) is 3.23. The maximum absolute atomic E-state index is 14.6. The Labute approximate surface area is 207 Å². The number of carbonyl (C=O) groups is 1. The Morgan fingerprint density at radius 2 is 1.56 bits per heavy atom. The molecule has 0 radical (unpaired) electrons. The number of carbonyl (C=O) groups excluding carboxylic acids is 1. The molecule has 1 saturated heterocycles. The average molecular weight is 499 g/mol. The molecule has 2 atom stereocenters. The van der Waals surface area contributed by atoms with Gasteiger partial charge in [0.1, 0.15) is 11.9 Å². The molecular weight excluding hydrogens is 469 g/mol. The Kier molecular flexibility index (Phi) is 6.16. The fourth-order valence-electron chi connectivity index (χ4n) is 5.47. The van der Waals surface area contributed by atoms with Crippen LogP contribution in [0.2, 0.25) is 0 Å². The van der Waals surface area contributed by atoms with Crippen molar-refractivity contribution in [3.05, 3.63) is 83.0 Å². The third-order valence-corrected chi connectivity index (χ3v) is 7.59. The summed E-state index contributed by atoms with van der Waals surface area (Å²) >= 11 is 0. The molecule has 2 aromatic carbocycles. The van der Waals surface area contributed by atoms with Gasteiger partial charge in [-0.25, -0.2) is 4.68 Å². The first-order chi connectivity index (χ1) is 17.1. The molecule has 3 heterocycles. The summed E-state index contributed by atoms with van der Waals surface area (Å²) in [6.45, 7) is 2.53. The largest absolute Gasteiger partial charge is 0.422 e. The van der Waals surface area contributed by atoms with E-state index in [4.69, 9.17) is 5.10 Å². The van der Waals surface area contributed by atoms with Crippen molar-refractivity contribution in [2.24, 2.45) is 5.92 Å². The van der Waals surface area contributed by atoms with E-state index < -0.39 is 29.6 Å². The Morgan fingerprint density at radius 3 is 2.06 bits per heavy atom. The minimum Gasteiger partial charge on any atom is -0.376 e. The number of aromatic nitrogens is 2. The SMILES string of the molecule is CC1C(=O)Nc2c(c(C3CCN(C)CC3)nn2C(c2ccccc2)c2ccccc2)C1(O)C(F)(F)F. The number of fused-ring (bicyclic) bond motifs is 1. The summed E-state index contributed by atoms with van der Waals surface area (Å²) in [5.41, 5.74) is -1.87.